The fraction of sp³-hybridized carbons (Fsp3) is 0.571. The van der Waals surface area contributed by atoms with Gasteiger partial charge in [0.25, 0.3) is 0 Å². The molecule has 1 aromatic rings. The minimum absolute atomic E-state index is 0.423. The maximum absolute atomic E-state index is 11.5. The van der Waals surface area contributed by atoms with Crippen LogP contribution in [0.25, 0.3) is 0 Å². The lowest BCUT2D eigenvalue weighted by molar-refractivity contribution is 0.214. The number of amides is 1. The number of rotatable bonds is 1. The first-order valence-electron chi connectivity index (χ1n) is 3.90. The number of hydrogen-bond acceptors (Lipinski definition) is 4. The molecule has 0 spiro atoms. The molecule has 78 valence electrons. The van der Waals surface area contributed by atoms with Crippen LogP contribution in [0.1, 0.15) is 0 Å². The summed E-state index contributed by atoms with van der Waals surface area (Å²) in [7, 11) is 4.73. The topological polar surface area (TPSA) is 60.1 Å². The van der Waals surface area contributed by atoms with Crippen LogP contribution in [0.4, 0.5) is 4.79 Å². The number of thioether (sulfide) groups is 1. The first-order chi connectivity index (χ1) is 6.49. The van der Waals surface area contributed by atoms with Crippen molar-refractivity contribution in [2.24, 2.45) is 7.05 Å². The van der Waals surface area contributed by atoms with Crippen LogP contribution in [0, 0.1) is 0 Å². The van der Waals surface area contributed by atoms with Crippen molar-refractivity contribution in [2.45, 2.75) is 5.16 Å². The van der Waals surface area contributed by atoms with E-state index in [9.17, 15) is 9.59 Å². The van der Waals surface area contributed by atoms with Gasteiger partial charge in [-0.1, -0.05) is 11.8 Å². The van der Waals surface area contributed by atoms with E-state index in [1.807, 2.05) is 0 Å². The minimum Gasteiger partial charge on any atom is -0.329 e. The average molecular weight is 216 g/mol. The van der Waals surface area contributed by atoms with E-state index in [0.717, 1.165) is 4.68 Å². The van der Waals surface area contributed by atoms with Gasteiger partial charge in [-0.2, -0.15) is 0 Å². The SMILES string of the molecule is CSc1nn(C(=O)N(C)C)c(=O)n1C. The van der Waals surface area contributed by atoms with Crippen molar-refractivity contribution in [3.63, 3.8) is 0 Å². The van der Waals surface area contributed by atoms with Gasteiger partial charge in [0.1, 0.15) is 0 Å². The van der Waals surface area contributed by atoms with E-state index >= 15 is 0 Å². The molecule has 0 unspecified atom stereocenters. The number of hydrogen-bond donors (Lipinski definition) is 0. The highest BCUT2D eigenvalue weighted by Gasteiger charge is 2.16. The molecule has 14 heavy (non-hydrogen) atoms. The summed E-state index contributed by atoms with van der Waals surface area (Å²) in [5.74, 6) is 0. The van der Waals surface area contributed by atoms with Crippen LogP contribution >= 0.6 is 11.8 Å². The van der Waals surface area contributed by atoms with Crippen LogP contribution in [0.15, 0.2) is 9.95 Å². The summed E-state index contributed by atoms with van der Waals surface area (Å²) in [5.41, 5.74) is -0.423. The quantitative estimate of drug-likeness (QED) is 0.612. The molecular weight excluding hydrogens is 204 g/mol. The molecule has 1 heterocycles. The summed E-state index contributed by atoms with van der Waals surface area (Å²) in [6.07, 6.45) is 1.80. The summed E-state index contributed by atoms with van der Waals surface area (Å²) >= 11 is 1.32. The maximum Gasteiger partial charge on any atom is 0.355 e. The van der Waals surface area contributed by atoms with Gasteiger partial charge in [-0.15, -0.1) is 9.78 Å². The molecule has 1 aromatic heterocycles. The van der Waals surface area contributed by atoms with Gasteiger partial charge in [0.15, 0.2) is 5.16 Å². The standard InChI is InChI=1S/C7H12N4O2S/c1-9(2)6(12)11-7(13)10(3)5(8-11)14-4/h1-4H3. The first-order valence-corrected chi connectivity index (χ1v) is 5.13. The maximum atomic E-state index is 11.5. The Hall–Kier alpha value is -1.24. The van der Waals surface area contributed by atoms with E-state index < -0.39 is 11.7 Å². The summed E-state index contributed by atoms with van der Waals surface area (Å²) < 4.78 is 2.19. The molecule has 0 saturated carbocycles. The Balaban J connectivity index is 3.24. The zero-order chi connectivity index (χ0) is 10.9. The number of carbonyl (C=O) groups excluding carboxylic acids is 1. The van der Waals surface area contributed by atoms with Gasteiger partial charge in [0, 0.05) is 21.1 Å². The second-order valence-electron chi connectivity index (χ2n) is 2.92. The lowest BCUT2D eigenvalue weighted by Crippen LogP contribution is -2.36. The van der Waals surface area contributed by atoms with Gasteiger partial charge in [0.05, 0.1) is 0 Å². The molecule has 0 bridgehead atoms. The highest BCUT2D eigenvalue weighted by Crippen LogP contribution is 2.06. The van der Waals surface area contributed by atoms with Gasteiger partial charge in [-0.3, -0.25) is 4.57 Å². The zero-order valence-corrected chi connectivity index (χ0v) is 9.33. The van der Waals surface area contributed by atoms with Crippen LogP contribution in [0.3, 0.4) is 0 Å². The minimum atomic E-state index is -0.439. The highest BCUT2D eigenvalue weighted by molar-refractivity contribution is 7.98. The molecule has 0 fully saturated rings. The third-order valence-electron chi connectivity index (χ3n) is 1.69. The van der Waals surface area contributed by atoms with Crippen molar-refractivity contribution < 1.29 is 4.79 Å². The monoisotopic (exact) mass is 216 g/mol. The predicted molar refractivity (Wildman–Crippen MR) is 53.7 cm³/mol. The summed E-state index contributed by atoms with van der Waals surface area (Å²) in [6.45, 7) is 0. The predicted octanol–water partition coefficient (Wildman–Crippen LogP) is -0.167. The zero-order valence-electron chi connectivity index (χ0n) is 8.51. The fourth-order valence-electron chi connectivity index (χ4n) is 0.911. The lowest BCUT2D eigenvalue weighted by atomic mass is 10.8. The van der Waals surface area contributed by atoms with Crippen molar-refractivity contribution in [1.29, 1.82) is 0 Å². The molecule has 0 aliphatic rings. The van der Waals surface area contributed by atoms with E-state index in [1.54, 1.807) is 27.4 Å². The van der Waals surface area contributed by atoms with Crippen LogP contribution < -0.4 is 5.69 Å². The Morgan fingerprint density at radius 3 is 2.43 bits per heavy atom. The largest absolute Gasteiger partial charge is 0.355 e. The second-order valence-corrected chi connectivity index (χ2v) is 3.69. The third kappa shape index (κ3) is 1.67. The van der Waals surface area contributed by atoms with Gasteiger partial charge in [0.2, 0.25) is 0 Å². The van der Waals surface area contributed by atoms with Gasteiger partial charge in [-0.05, 0) is 6.26 Å². The van der Waals surface area contributed by atoms with E-state index in [4.69, 9.17) is 0 Å². The molecular formula is C7H12N4O2S. The summed E-state index contributed by atoms with van der Waals surface area (Å²) in [5, 5.41) is 4.41. The Bertz CT molecular complexity index is 406. The van der Waals surface area contributed by atoms with Gasteiger partial charge in [-0.25, -0.2) is 9.59 Å². The van der Waals surface area contributed by atoms with Crippen LogP contribution in [-0.2, 0) is 7.05 Å². The fourth-order valence-corrected chi connectivity index (χ4v) is 1.43. The molecule has 0 saturated heterocycles. The molecule has 0 aliphatic carbocycles. The molecule has 0 aromatic carbocycles. The van der Waals surface area contributed by atoms with E-state index in [-0.39, 0.29) is 0 Å². The second kappa shape index (κ2) is 3.87. The molecule has 7 heteroatoms. The van der Waals surface area contributed by atoms with Crippen molar-refractivity contribution in [2.75, 3.05) is 20.4 Å². The van der Waals surface area contributed by atoms with Crippen molar-refractivity contribution in [3.8, 4) is 0 Å². The van der Waals surface area contributed by atoms with Crippen molar-refractivity contribution in [3.05, 3.63) is 10.5 Å². The molecule has 6 nitrogen and oxygen atoms in total. The molecule has 0 aliphatic heterocycles. The summed E-state index contributed by atoms with van der Waals surface area (Å²) in [6, 6.07) is -0.439. The molecule has 1 rings (SSSR count). The molecule has 0 atom stereocenters. The first kappa shape index (κ1) is 10.8. The number of carbonyl (C=O) groups is 1. The average Bonchev–Trinajstić information content (AvgIpc) is 2.43. The third-order valence-corrected chi connectivity index (χ3v) is 2.41. The van der Waals surface area contributed by atoms with Crippen LogP contribution in [0.2, 0.25) is 0 Å². The van der Waals surface area contributed by atoms with Gasteiger partial charge < -0.3 is 4.90 Å². The van der Waals surface area contributed by atoms with Gasteiger partial charge >= 0.3 is 11.7 Å². The van der Waals surface area contributed by atoms with Crippen LogP contribution in [0.5, 0.6) is 0 Å². The summed E-state index contributed by atoms with van der Waals surface area (Å²) in [4.78, 5) is 24.3. The molecule has 1 amide bonds. The van der Waals surface area contributed by atoms with E-state index in [2.05, 4.69) is 5.10 Å². The Morgan fingerprint density at radius 1 is 1.50 bits per heavy atom. The molecule has 0 radical (unpaired) electrons. The lowest BCUT2D eigenvalue weighted by Gasteiger charge is -2.07. The van der Waals surface area contributed by atoms with E-state index in [1.165, 1.54) is 21.2 Å². The highest BCUT2D eigenvalue weighted by atomic mass is 32.2. The van der Waals surface area contributed by atoms with Crippen molar-refractivity contribution >= 4 is 17.8 Å². The normalized spacial score (nSPS) is 10.3. The Kier molecular flexibility index (Phi) is 3.00. The molecule has 0 N–H and O–H groups in total. The van der Waals surface area contributed by atoms with Crippen LogP contribution in [-0.4, -0.2) is 45.6 Å². The Labute approximate surface area is 85.5 Å². The smallest absolute Gasteiger partial charge is 0.329 e. The number of nitrogens with zero attached hydrogens (tertiary/aromatic N) is 4. The van der Waals surface area contributed by atoms with Crippen molar-refractivity contribution in [1.82, 2.24) is 19.2 Å². The number of aromatic nitrogens is 3. The van der Waals surface area contributed by atoms with E-state index in [0.29, 0.717) is 5.16 Å². The Morgan fingerprint density at radius 2 is 2.07 bits per heavy atom.